The van der Waals surface area contributed by atoms with Crippen molar-refractivity contribution in [3.63, 3.8) is 0 Å². The van der Waals surface area contributed by atoms with E-state index in [1.54, 1.807) is 0 Å². The second-order valence-electron chi connectivity index (χ2n) is 8.11. The summed E-state index contributed by atoms with van der Waals surface area (Å²) in [7, 11) is 1.81. The molecule has 0 radical (unpaired) electrons. The van der Waals surface area contributed by atoms with Crippen molar-refractivity contribution in [2.45, 2.75) is 65.1 Å². The molecule has 26 heavy (non-hydrogen) atoms. The minimum Gasteiger partial charge on any atom is -0.508 e. The largest absolute Gasteiger partial charge is 0.508 e. The second-order valence-corrected chi connectivity index (χ2v) is 8.11. The smallest absolute Gasteiger partial charge is 0.191 e. The number of nitrogens with zero attached hydrogens (tertiary/aromatic N) is 2. The van der Waals surface area contributed by atoms with Gasteiger partial charge in [0.05, 0.1) is 0 Å². The summed E-state index contributed by atoms with van der Waals surface area (Å²) in [5.74, 6) is 1.81. The zero-order valence-corrected chi connectivity index (χ0v) is 16.7. The molecule has 3 rings (SSSR count). The Morgan fingerprint density at radius 3 is 2.73 bits per heavy atom. The average Bonchev–Trinajstić information content (AvgIpc) is 3.00. The maximum atomic E-state index is 10.4. The van der Waals surface area contributed by atoms with Crippen LogP contribution in [0.25, 0.3) is 0 Å². The van der Waals surface area contributed by atoms with Crippen LogP contribution in [0.1, 0.15) is 50.3 Å². The predicted molar refractivity (Wildman–Crippen MR) is 108 cm³/mol. The van der Waals surface area contributed by atoms with E-state index in [1.165, 1.54) is 24.0 Å². The number of hydrogen-bond acceptors (Lipinski definition) is 3. The van der Waals surface area contributed by atoms with Gasteiger partial charge in [0.15, 0.2) is 5.96 Å². The fraction of sp³-hybridized carbons (Fsp3) is 0.667. The number of phenols is 1. The number of aromatic hydroxyl groups is 1. The Kier molecular flexibility index (Phi) is 6.07. The first-order valence-corrected chi connectivity index (χ1v) is 10.0. The van der Waals surface area contributed by atoms with Gasteiger partial charge in [-0.1, -0.05) is 13.0 Å². The summed E-state index contributed by atoms with van der Waals surface area (Å²) in [6.45, 7) is 9.59. The van der Waals surface area contributed by atoms with E-state index in [1.807, 2.05) is 13.1 Å². The molecule has 0 spiro atoms. The lowest BCUT2D eigenvalue weighted by atomic mass is 9.88. The van der Waals surface area contributed by atoms with Crippen molar-refractivity contribution in [3.8, 4) is 5.75 Å². The topological polar surface area (TPSA) is 59.9 Å². The molecule has 0 bridgehead atoms. The van der Waals surface area contributed by atoms with Crippen LogP contribution in [0.3, 0.4) is 0 Å². The van der Waals surface area contributed by atoms with Gasteiger partial charge in [-0.05, 0) is 62.6 Å². The molecule has 0 saturated carbocycles. The molecule has 3 N–H and O–H groups in total. The van der Waals surface area contributed by atoms with Gasteiger partial charge in [0.1, 0.15) is 5.75 Å². The highest BCUT2D eigenvalue weighted by Gasteiger charge is 2.31. The van der Waals surface area contributed by atoms with Crippen LogP contribution < -0.4 is 10.6 Å². The zero-order chi connectivity index (χ0) is 18.7. The van der Waals surface area contributed by atoms with Crippen LogP contribution >= 0.6 is 0 Å². The summed E-state index contributed by atoms with van der Waals surface area (Å²) in [4.78, 5) is 6.92. The number of aliphatic imine (C=N–C) groups is 1. The molecular weight excluding hydrogens is 324 g/mol. The number of benzene rings is 1. The molecule has 2 atom stereocenters. The van der Waals surface area contributed by atoms with E-state index in [0.29, 0.717) is 30.3 Å². The highest BCUT2D eigenvalue weighted by molar-refractivity contribution is 5.80. The first kappa shape index (κ1) is 19.0. The van der Waals surface area contributed by atoms with Crippen molar-refractivity contribution in [2.24, 2.45) is 10.9 Å². The summed E-state index contributed by atoms with van der Waals surface area (Å²) < 4.78 is 0. The summed E-state index contributed by atoms with van der Waals surface area (Å²) in [5.41, 5.74) is 3.76. The molecule has 1 aliphatic carbocycles. The van der Waals surface area contributed by atoms with E-state index in [0.717, 1.165) is 37.5 Å². The Balaban J connectivity index is 1.64. The molecule has 1 heterocycles. The summed E-state index contributed by atoms with van der Waals surface area (Å²) in [6, 6.07) is 4.91. The van der Waals surface area contributed by atoms with Crippen LogP contribution in [0.5, 0.6) is 5.75 Å². The molecule has 2 unspecified atom stereocenters. The molecule has 5 heteroatoms. The van der Waals surface area contributed by atoms with Crippen LogP contribution in [0, 0.1) is 5.92 Å². The number of hydrogen-bond donors (Lipinski definition) is 3. The lowest BCUT2D eigenvalue weighted by Crippen LogP contribution is -2.46. The molecular formula is C21H34N4O. The van der Waals surface area contributed by atoms with Crippen LogP contribution in [0.2, 0.25) is 0 Å². The van der Waals surface area contributed by atoms with Gasteiger partial charge in [-0.2, -0.15) is 0 Å². The third kappa shape index (κ3) is 4.14. The number of likely N-dealkylation sites (tertiary alicyclic amines) is 1. The Labute approximate surface area is 157 Å². The lowest BCUT2D eigenvalue weighted by molar-refractivity contribution is 0.265. The molecule has 144 valence electrons. The maximum Gasteiger partial charge on any atom is 0.191 e. The van der Waals surface area contributed by atoms with Crippen LogP contribution in [-0.2, 0) is 19.4 Å². The number of fused-ring (bicyclic) bond motifs is 1. The van der Waals surface area contributed by atoms with Gasteiger partial charge in [-0.25, -0.2) is 0 Å². The standard InChI is InChI=1S/C21H34N4O/c1-14(2)25-12-15(3)19(13-25)24-21(22-4)23-11-18-17-8-6-5-7-16(17)9-10-20(18)26/h9-10,14-15,19,26H,5-8,11-13H2,1-4H3,(H2,22,23,24). The fourth-order valence-corrected chi connectivity index (χ4v) is 4.25. The van der Waals surface area contributed by atoms with E-state index in [4.69, 9.17) is 0 Å². The lowest BCUT2D eigenvalue weighted by Gasteiger charge is -2.23. The van der Waals surface area contributed by atoms with Crippen molar-refractivity contribution in [1.29, 1.82) is 0 Å². The van der Waals surface area contributed by atoms with Gasteiger partial charge in [-0.15, -0.1) is 0 Å². The third-order valence-electron chi connectivity index (χ3n) is 5.98. The molecule has 2 aliphatic rings. The summed E-state index contributed by atoms with van der Waals surface area (Å²) >= 11 is 0. The zero-order valence-electron chi connectivity index (χ0n) is 16.7. The first-order valence-electron chi connectivity index (χ1n) is 10.0. The van der Waals surface area contributed by atoms with Gasteiger partial charge in [0.2, 0.25) is 0 Å². The fourth-order valence-electron chi connectivity index (χ4n) is 4.25. The first-order chi connectivity index (χ1) is 12.5. The van der Waals surface area contributed by atoms with E-state index < -0.39 is 0 Å². The van der Waals surface area contributed by atoms with Crippen molar-refractivity contribution in [2.75, 3.05) is 20.1 Å². The molecule has 1 aromatic carbocycles. The van der Waals surface area contributed by atoms with Crippen LogP contribution in [-0.4, -0.2) is 48.2 Å². The molecule has 1 aromatic rings. The molecule has 0 aromatic heterocycles. The number of guanidine groups is 1. The van der Waals surface area contributed by atoms with Crippen LogP contribution in [0.15, 0.2) is 17.1 Å². The Morgan fingerprint density at radius 1 is 1.27 bits per heavy atom. The molecule has 0 amide bonds. The Hall–Kier alpha value is -1.75. The van der Waals surface area contributed by atoms with E-state index in [9.17, 15) is 5.11 Å². The minimum absolute atomic E-state index is 0.397. The van der Waals surface area contributed by atoms with Gasteiger partial charge in [-0.3, -0.25) is 9.89 Å². The van der Waals surface area contributed by atoms with Crippen molar-refractivity contribution < 1.29 is 5.11 Å². The quantitative estimate of drug-likeness (QED) is 0.572. The Morgan fingerprint density at radius 2 is 2.04 bits per heavy atom. The molecule has 1 saturated heterocycles. The van der Waals surface area contributed by atoms with Gasteiger partial charge in [0, 0.05) is 44.3 Å². The predicted octanol–water partition coefficient (Wildman–Crippen LogP) is 2.66. The van der Waals surface area contributed by atoms with E-state index in [2.05, 4.69) is 47.4 Å². The van der Waals surface area contributed by atoms with Crippen molar-refractivity contribution >= 4 is 5.96 Å². The number of phenolic OH excluding ortho intramolecular Hbond substituents is 1. The highest BCUT2D eigenvalue weighted by Crippen LogP contribution is 2.30. The normalized spacial score (nSPS) is 24.0. The second kappa shape index (κ2) is 8.30. The van der Waals surface area contributed by atoms with Crippen LogP contribution in [0.4, 0.5) is 0 Å². The number of nitrogens with one attached hydrogen (secondary N) is 2. The van der Waals surface area contributed by atoms with Crippen molar-refractivity contribution in [3.05, 3.63) is 28.8 Å². The molecule has 1 fully saturated rings. The Bertz CT molecular complexity index is 656. The van der Waals surface area contributed by atoms with E-state index >= 15 is 0 Å². The monoisotopic (exact) mass is 358 g/mol. The summed E-state index contributed by atoms with van der Waals surface area (Å²) in [6.07, 6.45) is 4.65. The van der Waals surface area contributed by atoms with Gasteiger partial charge < -0.3 is 15.7 Å². The third-order valence-corrected chi connectivity index (χ3v) is 5.98. The number of rotatable bonds is 4. The average molecular weight is 359 g/mol. The van der Waals surface area contributed by atoms with Crippen molar-refractivity contribution in [1.82, 2.24) is 15.5 Å². The van der Waals surface area contributed by atoms with E-state index in [-0.39, 0.29) is 0 Å². The van der Waals surface area contributed by atoms with Gasteiger partial charge in [0.25, 0.3) is 0 Å². The molecule has 1 aliphatic heterocycles. The van der Waals surface area contributed by atoms with Gasteiger partial charge >= 0.3 is 0 Å². The SMILES string of the molecule is CN=C(NCc1c(O)ccc2c1CCCC2)NC1CN(C(C)C)CC1C. The minimum atomic E-state index is 0.397. The number of aryl methyl sites for hydroxylation is 1. The molecule has 5 nitrogen and oxygen atoms in total. The maximum absolute atomic E-state index is 10.4. The highest BCUT2D eigenvalue weighted by atomic mass is 16.3. The summed E-state index contributed by atoms with van der Waals surface area (Å²) in [5, 5.41) is 17.4.